The van der Waals surface area contributed by atoms with E-state index in [2.05, 4.69) is 4.98 Å². The molecule has 19 heavy (non-hydrogen) atoms. The van der Waals surface area contributed by atoms with Crippen LogP contribution in [0.25, 0.3) is 0 Å². The van der Waals surface area contributed by atoms with Gasteiger partial charge in [0.05, 0.1) is 12.8 Å². The lowest BCUT2D eigenvalue weighted by molar-refractivity contribution is 0.0987. The monoisotopic (exact) mass is 257 g/mol. The highest BCUT2D eigenvalue weighted by Gasteiger charge is 2.16. The van der Waals surface area contributed by atoms with Gasteiger partial charge in [0.25, 0.3) is 0 Å². The van der Waals surface area contributed by atoms with Crippen molar-refractivity contribution in [2.24, 2.45) is 0 Å². The molecule has 100 valence electrons. The van der Waals surface area contributed by atoms with Crippen LogP contribution in [0.15, 0.2) is 24.3 Å². The number of carbonyl (C=O) groups is 1. The van der Waals surface area contributed by atoms with Crippen molar-refractivity contribution in [2.45, 2.75) is 27.2 Å². The molecule has 2 rings (SSSR count). The maximum Gasteiger partial charge on any atom is 0.183 e. The maximum atomic E-state index is 12.4. The summed E-state index contributed by atoms with van der Waals surface area (Å²) in [4.78, 5) is 15.6. The molecule has 0 amide bonds. The topological polar surface area (TPSA) is 42.1 Å². The number of ether oxygens (including phenoxy) is 1. The summed E-state index contributed by atoms with van der Waals surface area (Å²) in [7, 11) is 1.62. The van der Waals surface area contributed by atoms with E-state index >= 15 is 0 Å². The fourth-order valence-electron chi connectivity index (χ4n) is 2.23. The Bertz CT molecular complexity index is 611. The Morgan fingerprint density at radius 2 is 1.84 bits per heavy atom. The van der Waals surface area contributed by atoms with E-state index in [0.29, 0.717) is 12.1 Å². The van der Waals surface area contributed by atoms with Gasteiger partial charge in [-0.3, -0.25) is 4.79 Å². The standard InChI is InChI=1S/C16H19NO2/c1-10-11(2)16(17-12(10)3)14(18)9-13-7-5-6-8-15(13)19-4/h5-8,17H,9H2,1-4H3. The normalized spacial score (nSPS) is 10.5. The van der Waals surface area contributed by atoms with Crippen LogP contribution < -0.4 is 4.74 Å². The van der Waals surface area contributed by atoms with Crippen LogP contribution in [0.5, 0.6) is 5.75 Å². The summed E-state index contributed by atoms with van der Waals surface area (Å²) in [6.07, 6.45) is 0.351. The van der Waals surface area contributed by atoms with Gasteiger partial charge in [-0.25, -0.2) is 0 Å². The van der Waals surface area contributed by atoms with E-state index < -0.39 is 0 Å². The highest BCUT2D eigenvalue weighted by atomic mass is 16.5. The molecule has 0 aliphatic carbocycles. The molecule has 0 atom stereocenters. The molecule has 3 heteroatoms. The second-order valence-electron chi connectivity index (χ2n) is 4.79. The van der Waals surface area contributed by atoms with Gasteiger partial charge >= 0.3 is 0 Å². The quantitative estimate of drug-likeness (QED) is 0.853. The number of carbonyl (C=O) groups excluding carboxylic acids is 1. The number of ketones is 1. The number of aryl methyl sites for hydroxylation is 1. The second kappa shape index (κ2) is 5.31. The molecule has 1 N–H and O–H groups in total. The molecule has 1 aromatic heterocycles. The molecule has 0 unspecified atom stereocenters. The van der Waals surface area contributed by atoms with Crippen molar-refractivity contribution in [3.63, 3.8) is 0 Å². The minimum atomic E-state index is 0.0956. The largest absolute Gasteiger partial charge is 0.496 e. The lowest BCUT2D eigenvalue weighted by Gasteiger charge is -2.07. The van der Waals surface area contributed by atoms with Crippen LogP contribution in [-0.4, -0.2) is 17.9 Å². The first-order valence-corrected chi connectivity index (χ1v) is 6.35. The lowest BCUT2D eigenvalue weighted by Crippen LogP contribution is -2.07. The number of nitrogens with one attached hydrogen (secondary N) is 1. The molecule has 0 saturated heterocycles. The zero-order chi connectivity index (χ0) is 14.0. The first-order valence-electron chi connectivity index (χ1n) is 6.35. The van der Waals surface area contributed by atoms with E-state index in [1.165, 1.54) is 0 Å². The van der Waals surface area contributed by atoms with Crippen molar-refractivity contribution in [2.75, 3.05) is 7.11 Å². The molecule has 0 spiro atoms. The number of methoxy groups -OCH3 is 1. The Morgan fingerprint density at radius 1 is 1.16 bits per heavy atom. The number of hydrogen-bond donors (Lipinski definition) is 1. The molecule has 2 aromatic rings. The first kappa shape index (κ1) is 13.4. The summed E-state index contributed by atoms with van der Waals surface area (Å²) >= 11 is 0. The van der Waals surface area contributed by atoms with Gasteiger partial charge in [0, 0.05) is 17.7 Å². The molecule has 0 aliphatic heterocycles. The van der Waals surface area contributed by atoms with E-state index in [4.69, 9.17) is 4.74 Å². The Balaban J connectivity index is 2.28. The lowest BCUT2D eigenvalue weighted by atomic mass is 10.0. The first-order chi connectivity index (χ1) is 9.04. The van der Waals surface area contributed by atoms with E-state index in [-0.39, 0.29) is 5.78 Å². The molecular formula is C16H19NO2. The van der Waals surface area contributed by atoms with Gasteiger partial charge in [-0.1, -0.05) is 18.2 Å². The van der Waals surface area contributed by atoms with Crippen LogP contribution in [0.1, 0.15) is 32.9 Å². The van der Waals surface area contributed by atoms with Crippen molar-refractivity contribution < 1.29 is 9.53 Å². The van der Waals surface area contributed by atoms with Gasteiger partial charge in [-0.05, 0) is 38.0 Å². The summed E-state index contributed by atoms with van der Waals surface area (Å²) in [5.41, 5.74) is 4.88. The Morgan fingerprint density at radius 3 is 2.42 bits per heavy atom. The summed E-state index contributed by atoms with van der Waals surface area (Å²) in [5, 5.41) is 0. The van der Waals surface area contributed by atoms with Crippen molar-refractivity contribution in [1.82, 2.24) is 4.98 Å². The summed E-state index contributed by atoms with van der Waals surface area (Å²) < 4.78 is 5.28. The SMILES string of the molecule is COc1ccccc1CC(=O)c1[nH]c(C)c(C)c1C. The van der Waals surface area contributed by atoms with Crippen molar-refractivity contribution in [3.05, 3.63) is 52.3 Å². The fourth-order valence-corrected chi connectivity index (χ4v) is 2.23. The van der Waals surface area contributed by atoms with Crippen molar-refractivity contribution >= 4 is 5.78 Å². The number of para-hydroxylation sites is 1. The third-order valence-electron chi connectivity index (χ3n) is 3.63. The molecule has 0 aliphatic rings. The minimum Gasteiger partial charge on any atom is -0.496 e. The maximum absolute atomic E-state index is 12.4. The fraction of sp³-hybridized carbons (Fsp3) is 0.312. The van der Waals surface area contributed by atoms with Gasteiger partial charge in [0.2, 0.25) is 0 Å². The zero-order valence-corrected chi connectivity index (χ0v) is 11.8. The molecular weight excluding hydrogens is 238 g/mol. The van der Waals surface area contributed by atoms with E-state index in [0.717, 1.165) is 28.1 Å². The number of rotatable bonds is 4. The number of benzene rings is 1. The number of aromatic nitrogens is 1. The minimum absolute atomic E-state index is 0.0956. The van der Waals surface area contributed by atoms with E-state index in [1.807, 2.05) is 45.0 Å². The number of hydrogen-bond acceptors (Lipinski definition) is 2. The Kier molecular flexibility index (Phi) is 3.74. The van der Waals surface area contributed by atoms with Crippen LogP contribution in [0.2, 0.25) is 0 Å². The Labute approximate surface area is 113 Å². The number of Topliss-reactive ketones (excluding diaryl/α,β-unsaturated/α-hetero) is 1. The Hall–Kier alpha value is -2.03. The van der Waals surface area contributed by atoms with Crippen LogP contribution >= 0.6 is 0 Å². The summed E-state index contributed by atoms with van der Waals surface area (Å²) in [6, 6.07) is 7.62. The van der Waals surface area contributed by atoms with Crippen LogP contribution in [-0.2, 0) is 6.42 Å². The third-order valence-corrected chi connectivity index (χ3v) is 3.63. The summed E-state index contributed by atoms with van der Waals surface area (Å²) in [5.74, 6) is 0.853. The van der Waals surface area contributed by atoms with E-state index in [9.17, 15) is 4.79 Å². The molecule has 3 nitrogen and oxygen atoms in total. The molecule has 1 heterocycles. The zero-order valence-electron chi connectivity index (χ0n) is 11.8. The highest BCUT2D eigenvalue weighted by Crippen LogP contribution is 2.22. The number of aromatic amines is 1. The summed E-state index contributed by atoms with van der Waals surface area (Å²) in [6.45, 7) is 6.00. The average Bonchev–Trinajstić information content (AvgIpc) is 2.67. The second-order valence-corrected chi connectivity index (χ2v) is 4.79. The predicted molar refractivity (Wildman–Crippen MR) is 76.0 cm³/mol. The van der Waals surface area contributed by atoms with Gasteiger partial charge in [0.15, 0.2) is 5.78 Å². The van der Waals surface area contributed by atoms with Gasteiger partial charge in [0.1, 0.15) is 5.75 Å². The van der Waals surface area contributed by atoms with Crippen molar-refractivity contribution in [3.8, 4) is 5.75 Å². The van der Waals surface area contributed by atoms with Gasteiger partial charge < -0.3 is 9.72 Å². The predicted octanol–water partition coefficient (Wildman–Crippen LogP) is 3.37. The average molecular weight is 257 g/mol. The highest BCUT2D eigenvalue weighted by molar-refractivity contribution is 5.98. The van der Waals surface area contributed by atoms with E-state index in [1.54, 1.807) is 7.11 Å². The van der Waals surface area contributed by atoms with Gasteiger partial charge in [-0.15, -0.1) is 0 Å². The smallest absolute Gasteiger partial charge is 0.183 e. The number of H-pyrrole nitrogens is 1. The van der Waals surface area contributed by atoms with Crippen LogP contribution in [0, 0.1) is 20.8 Å². The van der Waals surface area contributed by atoms with Crippen molar-refractivity contribution in [1.29, 1.82) is 0 Å². The molecule has 0 saturated carbocycles. The molecule has 1 aromatic carbocycles. The van der Waals surface area contributed by atoms with Crippen LogP contribution in [0.4, 0.5) is 0 Å². The third kappa shape index (κ3) is 2.55. The van der Waals surface area contributed by atoms with Crippen LogP contribution in [0.3, 0.4) is 0 Å². The molecule has 0 radical (unpaired) electrons. The molecule has 0 fully saturated rings. The molecule has 0 bridgehead atoms. The van der Waals surface area contributed by atoms with Gasteiger partial charge in [-0.2, -0.15) is 0 Å².